The maximum atomic E-state index is 17.4. The minimum atomic E-state index is -0.463. The first-order valence-corrected chi connectivity index (χ1v) is 16.2. The number of aromatic nitrogens is 2. The Labute approximate surface area is 261 Å². The van der Waals surface area contributed by atoms with Crippen LogP contribution < -0.4 is 10.1 Å². The van der Waals surface area contributed by atoms with E-state index in [2.05, 4.69) is 47.8 Å². The van der Waals surface area contributed by atoms with Crippen molar-refractivity contribution in [3.8, 4) is 23.1 Å². The zero-order valence-corrected chi connectivity index (χ0v) is 25.9. The molecule has 5 atom stereocenters. The third kappa shape index (κ3) is 4.43. The van der Waals surface area contributed by atoms with Gasteiger partial charge in [-0.1, -0.05) is 24.3 Å². The molecule has 2 unspecified atom stereocenters. The highest BCUT2D eigenvalue weighted by Crippen LogP contribution is 2.49. The molecule has 3 aliphatic heterocycles. The number of halogens is 2. The summed E-state index contributed by atoms with van der Waals surface area (Å²) in [5.74, 6) is 0.129. The molecular weight excluding hydrogens is 568 g/mol. The van der Waals surface area contributed by atoms with E-state index in [-0.39, 0.29) is 35.9 Å². The molecule has 1 aliphatic carbocycles. The highest BCUT2D eigenvalue weighted by Gasteiger charge is 2.48. The van der Waals surface area contributed by atoms with Crippen molar-refractivity contribution >= 4 is 32.6 Å². The van der Waals surface area contributed by atoms with Crippen molar-refractivity contribution in [2.45, 2.75) is 70.2 Å². The minimum absolute atomic E-state index is 0.130. The summed E-state index contributed by atoms with van der Waals surface area (Å²) in [6.07, 6.45) is 3.78. The van der Waals surface area contributed by atoms with E-state index < -0.39 is 5.82 Å². The maximum absolute atomic E-state index is 17.4. The fraction of sp³-hybridized carbons (Fsp3) is 0.405. The SMILES string of the molecule is Cc1cc2c(OC(C)C3CCCN3C)nc3c(F)c(-c4cccc5ccc(F)cc45)c(CCC#N)cc3c2n1[C@H]1[C@H]2CN[C@@H]1C2. The molecule has 45 heavy (non-hydrogen) atoms. The zero-order valence-electron chi connectivity index (χ0n) is 25.9. The van der Waals surface area contributed by atoms with Gasteiger partial charge in [-0.25, -0.2) is 13.8 Å². The molecule has 5 aromatic rings. The molecular formula is C37H37F2N5O. The number of rotatable bonds is 7. The highest BCUT2D eigenvalue weighted by molar-refractivity contribution is 6.09. The van der Waals surface area contributed by atoms with E-state index >= 15 is 4.39 Å². The summed E-state index contributed by atoms with van der Waals surface area (Å²) in [6.45, 7) is 6.21. The number of hydrogen-bond donors (Lipinski definition) is 1. The number of likely N-dealkylation sites (N-methyl/N-ethyl adjacent to an activating group) is 1. The molecule has 5 heterocycles. The Balaban J connectivity index is 1.41. The van der Waals surface area contributed by atoms with Crippen LogP contribution in [0.3, 0.4) is 0 Å². The summed E-state index contributed by atoms with van der Waals surface area (Å²) in [4.78, 5) is 7.30. The quantitative estimate of drug-likeness (QED) is 0.209. The number of likely N-dealkylation sites (tertiary alicyclic amines) is 1. The lowest BCUT2D eigenvalue weighted by atomic mass is 9.79. The van der Waals surface area contributed by atoms with Gasteiger partial charge in [0.1, 0.15) is 17.4 Å². The summed E-state index contributed by atoms with van der Waals surface area (Å²) in [7, 11) is 2.13. The summed E-state index contributed by atoms with van der Waals surface area (Å²) in [6, 6.07) is 17.5. The molecule has 8 heteroatoms. The lowest BCUT2D eigenvalue weighted by molar-refractivity contribution is 0.119. The third-order valence-corrected chi connectivity index (χ3v) is 10.7. The van der Waals surface area contributed by atoms with Crippen LogP contribution in [-0.2, 0) is 6.42 Å². The average Bonchev–Trinajstić information content (AvgIpc) is 3.82. The van der Waals surface area contributed by atoms with Gasteiger partial charge in [0.2, 0.25) is 5.88 Å². The van der Waals surface area contributed by atoms with Gasteiger partial charge in [0, 0.05) is 41.7 Å². The van der Waals surface area contributed by atoms with Crippen molar-refractivity contribution in [3.63, 3.8) is 0 Å². The zero-order chi connectivity index (χ0) is 31.0. The number of hydrogen-bond acceptors (Lipinski definition) is 5. The standard InChI is InChI=1S/C37H37F2N5O/c1-20-15-29-36(44(20)35-24-17-30(35)41-19-24)28-16-23(8-5-13-40)32(26-9-4-7-22-11-12-25(38)18-27(22)26)33(39)34(28)42-37(29)45-21(2)31-10-6-14-43(31)3/h4,7,9,11-12,15-16,18,21,24,30-31,35,41H,5-6,8,10,14,17,19H2,1-3H3/t21?,24-,30-,31?,35+/m1/s1. The monoisotopic (exact) mass is 605 g/mol. The number of fused-ring (bicyclic) bond motifs is 5. The first-order valence-electron chi connectivity index (χ1n) is 16.2. The predicted molar refractivity (Wildman–Crippen MR) is 173 cm³/mol. The predicted octanol–water partition coefficient (Wildman–Crippen LogP) is 7.45. The van der Waals surface area contributed by atoms with Crippen LogP contribution in [0.5, 0.6) is 5.88 Å². The maximum Gasteiger partial charge on any atom is 0.223 e. The molecule has 2 aromatic heterocycles. The molecule has 230 valence electrons. The van der Waals surface area contributed by atoms with E-state index in [1.54, 1.807) is 6.07 Å². The van der Waals surface area contributed by atoms with Gasteiger partial charge in [0.05, 0.1) is 23.0 Å². The van der Waals surface area contributed by atoms with Gasteiger partial charge in [-0.15, -0.1) is 0 Å². The Morgan fingerprint density at radius 2 is 2.00 bits per heavy atom. The fourth-order valence-electron chi connectivity index (χ4n) is 8.47. The van der Waals surface area contributed by atoms with E-state index in [4.69, 9.17) is 9.72 Å². The summed E-state index contributed by atoms with van der Waals surface area (Å²) < 4.78 is 41.0. The number of benzene rings is 3. The summed E-state index contributed by atoms with van der Waals surface area (Å²) >= 11 is 0. The second kappa shape index (κ2) is 10.8. The van der Waals surface area contributed by atoms with Crippen LogP contribution in [0.15, 0.2) is 48.5 Å². The van der Waals surface area contributed by atoms with Crippen LogP contribution in [0.1, 0.15) is 49.9 Å². The number of ether oxygens (including phenoxy) is 1. The first kappa shape index (κ1) is 28.4. The topological polar surface area (TPSA) is 66.1 Å². The Bertz CT molecular complexity index is 2020. The number of aryl methyl sites for hydroxylation is 2. The van der Waals surface area contributed by atoms with Gasteiger partial charge in [0.15, 0.2) is 5.82 Å². The second-order valence-electron chi connectivity index (χ2n) is 13.3. The van der Waals surface area contributed by atoms with Crippen molar-refractivity contribution in [2.75, 3.05) is 20.1 Å². The van der Waals surface area contributed by atoms with Crippen molar-refractivity contribution in [1.29, 1.82) is 5.26 Å². The van der Waals surface area contributed by atoms with Crippen LogP contribution in [0.2, 0.25) is 0 Å². The van der Waals surface area contributed by atoms with Crippen molar-refractivity contribution in [1.82, 2.24) is 19.8 Å². The Hall–Kier alpha value is -4.06. The van der Waals surface area contributed by atoms with Crippen LogP contribution in [0.25, 0.3) is 43.7 Å². The molecule has 3 saturated heterocycles. The molecule has 0 radical (unpaired) electrons. The largest absolute Gasteiger partial charge is 0.472 e. The molecule has 1 saturated carbocycles. The molecule has 1 N–H and O–H groups in total. The lowest BCUT2D eigenvalue weighted by Gasteiger charge is -2.37. The Morgan fingerprint density at radius 3 is 2.73 bits per heavy atom. The molecule has 4 fully saturated rings. The van der Waals surface area contributed by atoms with Crippen molar-refractivity contribution in [2.24, 2.45) is 5.92 Å². The van der Waals surface area contributed by atoms with E-state index in [0.29, 0.717) is 40.8 Å². The Kier molecular flexibility index (Phi) is 6.81. The molecule has 2 bridgehead atoms. The van der Waals surface area contributed by atoms with Crippen molar-refractivity contribution in [3.05, 3.63) is 71.4 Å². The normalized spacial score (nSPS) is 23.6. The molecule has 9 rings (SSSR count). The van der Waals surface area contributed by atoms with Gasteiger partial charge < -0.3 is 14.6 Å². The summed E-state index contributed by atoms with van der Waals surface area (Å²) in [5.41, 5.74) is 3.97. The van der Waals surface area contributed by atoms with Crippen LogP contribution in [0.4, 0.5) is 8.78 Å². The highest BCUT2D eigenvalue weighted by atomic mass is 19.1. The number of nitrogens with one attached hydrogen (secondary N) is 1. The first-order chi connectivity index (χ1) is 21.8. The van der Waals surface area contributed by atoms with Crippen LogP contribution >= 0.6 is 0 Å². The molecule has 0 amide bonds. The van der Waals surface area contributed by atoms with E-state index in [1.807, 2.05) is 24.3 Å². The van der Waals surface area contributed by atoms with Crippen LogP contribution in [-0.4, -0.2) is 52.8 Å². The molecule has 4 aliphatic rings. The molecule has 0 spiro atoms. The lowest BCUT2D eigenvalue weighted by Crippen LogP contribution is -2.39. The van der Waals surface area contributed by atoms with E-state index in [1.165, 1.54) is 12.1 Å². The van der Waals surface area contributed by atoms with E-state index in [9.17, 15) is 9.65 Å². The number of nitriles is 1. The minimum Gasteiger partial charge on any atom is -0.472 e. The average molecular weight is 606 g/mol. The Morgan fingerprint density at radius 1 is 1.13 bits per heavy atom. The number of pyridine rings is 1. The molecule has 6 nitrogen and oxygen atoms in total. The smallest absolute Gasteiger partial charge is 0.223 e. The van der Waals surface area contributed by atoms with Gasteiger partial charge in [-0.3, -0.25) is 4.90 Å². The van der Waals surface area contributed by atoms with Gasteiger partial charge in [-0.05, 0) is 105 Å². The fourth-order valence-corrected chi connectivity index (χ4v) is 8.47. The van der Waals surface area contributed by atoms with Gasteiger partial charge in [-0.2, -0.15) is 5.26 Å². The molecule has 3 aromatic carbocycles. The number of nitrogens with zero attached hydrogens (tertiary/aromatic N) is 4. The van der Waals surface area contributed by atoms with Crippen LogP contribution in [0, 0.1) is 35.8 Å². The van der Waals surface area contributed by atoms with Gasteiger partial charge in [0.25, 0.3) is 0 Å². The third-order valence-electron chi connectivity index (χ3n) is 10.7. The second-order valence-corrected chi connectivity index (χ2v) is 13.3. The van der Waals surface area contributed by atoms with Gasteiger partial charge >= 0.3 is 0 Å². The van der Waals surface area contributed by atoms with E-state index in [0.717, 1.165) is 65.3 Å². The summed E-state index contributed by atoms with van der Waals surface area (Å²) in [5, 5.41) is 16.3. The van der Waals surface area contributed by atoms with Crippen molar-refractivity contribution < 1.29 is 13.5 Å².